The molecule has 9 nitrogen and oxygen atoms in total. The topological polar surface area (TPSA) is 89.0 Å². The molecule has 38 heavy (non-hydrogen) atoms. The number of ether oxygens (including phenoxy) is 3. The molecule has 0 atom stereocenters. The molecule has 3 aromatic rings. The van der Waals surface area contributed by atoms with E-state index in [1.165, 1.54) is 0 Å². The molecule has 0 aliphatic carbocycles. The van der Waals surface area contributed by atoms with Gasteiger partial charge in [0.2, 0.25) is 5.91 Å². The Morgan fingerprint density at radius 2 is 1.66 bits per heavy atom. The summed E-state index contributed by atoms with van der Waals surface area (Å²) in [5.74, 6) is 2.10. The summed E-state index contributed by atoms with van der Waals surface area (Å²) in [6.45, 7) is 8.06. The Balaban J connectivity index is 1.33. The van der Waals surface area contributed by atoms with Crippen LogP contribution < -0.4 is 24.7 Å². The third-order valence-electron chi connectivity index (χ3n) is 6.73. The molecule has 1 aliphatic heterocycles. The van der Waals surface area contributed by atoms with Gasteiger partial charge in [0.1, 0.15) is 5.75 Å². The van der Waals surface area contributed by atoms with E-state index in [9.17, 15) is 9.59 Å². The Kier molecular flexibility index (Phi) is 9.28. The number of fused-ring (bicyclic) bond motifs is 1. The molecule has 2 aromatic carbocycles. The Morgan fingerprint density at radius 1 is 0.974 bits per heavy atom. The van der Waals surface area contributed by atoms with Gasteiger partial charge in [-0.15, -0.1) is 0 Å². The lowest BCUT2D eigenvalue weighted by molar-refractivity contribution is -0.131. The zero-order valence-electron chi connectivity index (χ0n) is 22.3. The second kappa shape index (κ2) is 12.8. The van der Waals surface area contributed by atoms with E-state index in [-0.39, 0.29) is 11.5 Å². The number of hydrogen-bond donors (Lipinski definition) is 1. The largest absolute Gasteiger partial charge is 0.495 e. The molecule has 1 amide bonds. The van der Waals surface area contributed by atoms with Crippen LogP contribution in [-0.2, 0) is 11.3 Å². The minimum atomic E-state index is -0.174. The van der Waals surface area contributed by atoms with Crippen molar-refractivity contribution < 1.29 is 19.0 Å². The summed E-state index contributed by atoms with van der Waals surface area (Å²) in [7, 11) is 1.67. The van der Waals surface area contributed by atoms with E-state index < -0.39 is 0 Å². The van der Waals surface area contributed by atoms with E-state index in [1.54, 1.807) is 23.8 Å². The van der Waals surface area contributed by atoms with Crippen molar-refractivity contribution >= 4 is 34.7 Å². The van der Waals surface area contributed by atoms with Crippen LogP contribution in [0.15, 0.2) is 41.2 Å². The van der Waals surface area contributed by atoms with Gasteiger partial charge in [0, 0.05) is 45.2 Å². The van der Waals surface area contributed by atoms with Crippen molar-refractivity contribution in [3.63, 3.8) is 0 Å². The van der Waals surface area contributed by atoms with Crippen LogP contribution in [0.5, 0.6) is 17.2 Å². The van der Waals surface area contributed by atoms with Crippen molar-refractivity contribution in [2.75, 3.05) is 51.4 Å². The Morgan fingerprint density at radius 3 is 2.34 bits per heavy atom. The van der Waals surface area contributed by atoms with Crippen molar-refractivity contribution in [2.45, 2.75) is 39.7 Å². The van der Waals surface area contributed by atoms with Gasteiger partial charge in [0.05, 0.1) is 36.9 Å². The Bertz CT molecular complexity index is 1380. The second-order valence-electron chi connectivity index (χ2n) is 9.09. The van der Waals surface area contributed by atoms with Gasteiger partial charge >= 0.3 is 0 Å². The van der Waals surface area contributed by atoms with Gasteiger partial charge < -0.3 is 29.0 Å². The van der Waals surface area contributed by atoms with Crippen molar-refractivity contribution in [3.8, 4) is 17.2 Å². The minimum absolute atomic E-state index is 0.144. The molecule has 4 rings (SSSR count). The monoisotopic (exact) mass is 540 g/mol. The molecule has 204 valence electrons. The first-order chi connectivity index (χ1) is 18.5. The van der Waals surface area contributed by atoms with E-state index in [4.69, 9.17) is 26.4 Å². The lowest BCUT2D eigenvalue weighted by atomic mass is 10.2. The second-order valence-corrected chi connectivity index (χ2v) is 9.48. The lowest BCUT2D eigenvalue weighted by Crippen LogP contribution is -2.48. The number of para-hydroxylation sites is 2. The molecule has 1 N–H and O–H groups in total. The van der Waals surface area contributed by atoms with Crippen LogP contribution >= 0.6 is 12.2 Å². The molecule has 0 radical (unpaired) electrons. The summed E-state index contributed by atoms with van der Waals surface area (Å²) in [4.78, 5) is 33.4. The molecule has 10 heteroatoms. The number of H-pyrrole nitrogens is 1. The number of piperazine rings is 1. The van der Waals surface area contributed by atoms with Gasteiger partial charge in [0.25, 0.3) is 5.56 Å². The summed E-state index contributed by atoms with van der Waals surface area (Å²) >= 11 is 5.48. The first-order valence-electron chi connectivity index (χ1n) is 13.2. The predicted octanol–water partition coefficient (Wildman–Crippen LogP) is 4.38. The van der Waals surface area contributed by atoms with Crippen molar-refractivity contribution in [2.24, 2.45) is 0 Å². The maximum absolute atomic E-state index is 13.2. The van der Waals surface area contributed by atoms with E-state index in [1.807, 2.05) is 43.0 Å². The number of aromatic nitrogens is 2. The molecule has 1 aromatic heterocycles. The number of carbonyl (C=O) groups excluding carboxylic acids is 1. The molecule has 1 fully saturated rings. The fraction of sp³-hybridized carbons (Fsp3) is 0.464. The van der Waals surface area contributed by atoms with Crippen LogP contribution in [0.2, 0.25) is 0 Å². The summed E-state index contributed by atoms with van der Waals surface area (Å²) in [6, 6.07) is 11.4. The molecule has 1 saturated heterocycles. The number of hydrogen-bond acceptors (Lipinski definition) is 7. The lowest BCUT2D eigenvalue weighted by Gasteiger charge is -2.36. The van der Waals surface area contributed by atoms with E-state index in [0.29, 0.717) is 79.3 Å². The summed E-state index contributed by atoms with van der Waals surface area (Å²) in [5.41, 5.74) is 1.50. The van der Waals surface area contributed by atoms with Crippen LogP contribution in [0.3, 0.4) is 0 Å². The number of nitrogens with one attached hydrogen (secondary N) is 1. The molecule has 0 bridgehead atoms. The van der Waals surface area contributed by atoms with Crippen molar-refractivity contribution in [1.82, 2.24) is 14.5 Å². The van der Waals surface area contributed by atoms with Crippen LogP contribution in [0.25, 0.3) is 10.9 Å². The normalized spacial score (nSPS) is 13.6. The maximum Gasteiger partial charge on any atom is 0.262 e. The number of carbonyl (C=O) groups is 1. The van der Waals surface area contributed by atoms with Gasteiger partial charge in [0.15, 0.2) is 16.3 Å². The van der Waals surface area contributed by atoms with Crippen molar-refractivity contribution in [3.05, 3.63) is 51.5 Å². The third-order valence-corrected chi connectivity index (χ3v) is 7.05. The van der Waals surface area contributed by atoms with Gasteiger partial charge in [-0.3, -0.25) is 14.2 Å². The smallest absolute Gasteiger partial charge is 0.262 e. The number of aromatic amines is 1. The molecule has 2 heterocycles. The quantitative estimate of drug-likeness (QED) is 0.285. The highest BCUT2D eigenvalue weighted by Crippen LogP contribution is 2.31. The first kappa shape index (κ1) is 27.5. The zero-order chi connectivity index (χ0) is 27.1. The average molecular weight is 541 g/mol. The summed E-state index contributed by atoms with van der Waals surface area (Å²) in [6.07, 6.45) is 1.79. The molecular formula is C28H36N4O5S. The number of amides is 1. The maximum atomic E-state index is 13.2. The molecule has 0 spiro atoms. The van der Waals surface area contributed by atoms with E-state index in [0.717, 1.165) is 24.5 Å². The third kappa shape index (κ3) is 6.12. The van der Waals surface area contributed by atoms with Gasteiger partial charge in [-0.05, 0) is 57.1 Å². The van der Waals surface area contributed by atoms with Crippen LogP contribution in [-0.4, -0.2) is 66.9 Å². The van der Waals surface area contributed by atoms with Crippen molar-refractivity contribution in [1.29, 1.82) is 0 Å². The fourth-order valence-corrected chi connectivity index (χ4v) is 5.08. The number of nitrogens with zero attached hydrogens (tertiary/aromatic N) is 3. The highest BCUT2D eigenvalue weighted by atomic mass is 32.1. The standard InChI is InChI=1S/C28H36N4O5S/c1-4-36-24-18-20-21(19-25(24)37-5-2)29-28(38)32(27(20)34)13-9-8-12-26(33)31-16-14-30(15-17-31)22-10-6-7-11-23(22)35-3/h6-7,10-11,18-19H,4-5,8-9,12-17H2,1-3H3,(H,29,38). The Labute approximate surface area is 227 Å². The highest BCUT2D eigenvalue weighted by Gasteiger charge is 2.22. The first-order valence-corrected chi connectivity index (χ1v) is 13.6. The van der Waals surface area contributed by atoms with E-state index >= 15 is 0 Å². The highest BCUT2D eigenvalue weighted by molar-refractivity contribution is 7.71. The summed E-state index contributed by atoms with van der Waals surface area (Å²) < 4.78 is 18.7. The fourth-order valence-electron chi connectivity index (χ4n) is 4.79. The Hall–Kier alpha value is -3.53. The van der Waals surface area contributed by atoms with Gasteiger partial charge in [-0.2, -0.15) is 0 Å². The molecule has 1 aliphatic rings. The SMILES string of the molecule is CCOc1cc2[nH]c(=S)n(CCCCC(=O)N3CCN(c4ccccc4OC)CC3)c(=O)c2cc1OCC. The number of benzene rings is 2. The van der Waals surface area contributed by atoms with Crippen LogP contribution in [0.1, 0.15) is 33.1 Å². The minimum Gasteiger partial charge on any atom is -0.495 e. The number of anilines is 1. The van der Waals surface area contributed by atoms with Gasteiger partial charge in [-0.1, -0.05) is 12.1 Å². The number of methoxy groups -OCH3 is 1. The molecular weight excluding hydrogens is 504 g/mol. The average Bonchev–Trinajstić information content (AvgIpc) is 2.93. The molecule has 0 unspecified atom stereocenters. The van der Waals surface area contributed by atoms with Gasteiger partial charge in [-0.25, -0.2) is 0 Å². The predicted molar refractivity (Wildman–Crippen MR) is 151 cm³/mol. The zero-order valence-corrected chi connectivity index (χ0v) is 23.1. The molecule has 0 saturated carbocycles. The van der Waals surface area contributed by atoms with Crippen LogP contribution in [0.4, 0.5) is 5.69 Å². The number of unbranched alkanes of at least 4 members (excludes halogenated alkanes) is 1. The number of rotatable bonds is 11. The van der Waals surface area contributed by atoms with Crippen LogP contribution in [0, 0.1) is 4.77 Å². The summed E-state index contributed by atoms with van der Waals surface area (Å²) in [5, 5.41) is 0.495. The van der Waals surface area contributed by atoms with E-state index in [2.05, 4.69) is 9.88 Å².